The van der Waals surface area contributed by atoms with Gasteiger partial charge < -0.3 is 15.1 Å². The summed E-state index contributed by atoms with van der Waals surface area (Å²) >= 11 is 1.60. The Morgan fingerprint density at radius 2 is 2.04 bits per heavy atom. The van der Waals surface area contributed by atoms with Gasteiger partial charge >= 0.3 is 0 Å². The van der Waals surface area contributed by atoms with Gasteiger partial charge in [-0.2, -0.15) is 0 Å². The molecule has 0 aromatic carbocycles. The first-order valence-electron chi connectivity index (χ1n) is 8.12. The van der Waals surface area contributed by atoms with E-state index >= 15 is 0 Å². The van der Waals surface area contributed by atoms with Crippen LogP contribution < -0.4 is 5.32 Å². The number of amides is 2. The number of hydrogen-bond donors (Lipinski definition) is 1. The number of thiophene rings is 1. The Hall–Kier alpha value is -1.89. The standard InChI is InChI=1S/C17H25N3O3S/c1-17(2,3)16(22)20-8-6-13(7-9-20)19-23-12-15(21)18-11-14-5-4-10-24-14/h4-5,10H,6-9,11-12H2,1-3H3,(H,18,21). The molecule has 24 heavy (non-hydrogen) atoms. The lowest BCUT2D eigenvalue weighted by atomic mass is 9.93. The molecule has 7 heteroatoms. The minimum absolute atomic E-state index is 0.0838. The molecule has 6 nitrogen and oxygen atoms in total. The summed E-state index contributed by atoms with van der Waals surface area (Å²) in [7, 11) is 0. The third-order valence-electron chi connectivity index (χ3n) is 3.70. The van der Waals surface area contributed by atoms with Gasteiger partial charge in [-0.05, 0) is 11.4 Å². The van der Waals surface area contributed by atoms with Crippen LogP contribution in [0.3, 0.4) is 0 Å². The molecule has 0 saturated carbocycles. The number of piperidine rings is 1. The van der Waals surface area contributed by atoms with E-state index in [9.17, 15) is 9.59 Å². The topological polar surface area (TPSA) is 71.0 Å². The van der Waals surface area contributed by atoms with Crippen molar-refractivity contribution in [1.29, 1.82) is 0 Å². The first-order chi connectivity index (χ1) is 11.4. The Bertz CT molecular complexity index is 581. The first kappa shape index (κ1) is 18.4. The average molecular weight is 351 g/mol. The van der Waals surface area contributed by atoms with Crippen molar-refractivity contribution in [3.63, 3.8) is 0 Å². The van der Waals surface area contributed by atoms with Crippen molar-refractivity contribution in [1.82, 2.24) is 10.2 Å². The molecule has 1 N–H and O–H groups in total. The van der Waals surface area contributed by atoms with E-state index in [1.807, 2.05) is 43.2 Å². The molecule has 0 aliphatic carbocycles. The quantitative estimate of drug-likeness (QED) is 0.828. The Kier molecular flexibility index (Phi) is 6.36. The number of hydrogen-bond acceptors (Lipinski definition) is 5. The Morgan fingerprint density at radius 1 is 1.33 bits per heavy atom. The van der Waals surface area contributed by atoms with Crippen molar-refractivity contribution in [3.05, 3.63) is 22.4 Å². The lowest BCUT2D eigenvalue weighted by Gasteiger charge is -2.32. The second kappa shape index (κ2) is 8.28. The minimum Gasteiger partial charge on any atom is -0.386 e. The van der Waals surface area contributed by atoms with Crippen LogP contribution in [-0.2, 0) is 21.0 Å². The van der Waals surface area contributed by atoms with Crippen molar-refractivity contribution < 1.29 is 14.4 Å². The molecule has 0 unspecified atom stereocenters. The van der Waals surface area contributed by atoms with Crippen molar-refractivity contribution in [2.75, 3.05) is 19.7 Å². The van der Waals surface area contributed by atoms with Gasteiger partial charge in [0.15, 0.2) is 6.61 Å². The predicted octanol–water partition coefficient (Wildman–Crippen LogP) is 2.41. The van der Waals surface area contributed by atoms with Crippen LogP contribution in [0, 0.1) is 5.41 Å². The number of likely N-dealkylation sites (tertiary alicyclic amines) is 1. The van der Waals surface area contributed by atoms with Crippen molar-refractivity contribution in [2.24, 2.45) is 10.6 Å². The SMILES string of the molecule is CC(C)(C)C(=O)N1CCC(=NOCC(=O)NCc2cccs2)CC1. The molecule has 2 rings (SSSR count). The van der Waals surface area contributed by atoms with Crippen LogP contribution in [0.2, 0.25) is 0 Å². The van der Waals surface area contributed by atoms with E-state index in [1.54, 1.807) is 11.3 Å². The van der Waals surface area contributed by atoms with Crippen LogP contribution in [0.25, 0.3) is 0 Å². The van der Waals surface area contributed by atoms with Gasteiger partial charge in [0.05, 0.1) is 12.3 Å². The summed E-state index contributed by atoms with van der Waals surface area (Å²) in [5.74, 6) is -0.0245. The van der Waals surface area contributed by atoms with E-state index in [-0.39, 0.29) is 23.8 Å². The van der Waals surface area contributed by atoms with Gasteiger partial charge in [0.2, 0.25) is 5.91 Å². The van der Waals surface area contributed by atoms with E-state index in [0.717, 1.165) is 10.6 Å². The molecular weight excluding hydrogens is 326 g/mol. The van der Waals surface area contributed by atoms with Gasteiger partial charge in [-0.3, -0.25) is 9.59 Å². The highest BCUT2D eigenvalue weighted by Gasteiger charge is 2.29. The summed E-state index contributed by atoms with van der Waals surface area (Å²) in [5.41, 5.74) is 0.547. The van der Waals surface area contributed by atoms with Gasteiger partial charge in [-0.1, -0.05) is 32.0 Å². The lowest BCUT2D eigenvalue weighted by Crippen LogP contribution is -2.44. The van der Waals surface area contributed by atoms with Gasteiger partial charge in [-0.15, -0.1) is 11.3 Å². The molecule has 1 aromatic rings. The summed E-state index contributed by atoms with van der Waals surface area (Å²) < 4.78 is 0. The van der Waals surface area contributed by atoms with E-state index in [2.05, 4.69) is 10.5 Å². The summed E-state index contributed by atoms with van der Waals surface area (Å²) in [4.78, 5) is 32.0. The summed E-state index contributed by atoms with van der Waals surface area (Å²) in [5, 5.41) is 8.80. The fraction of sp³-hybridized carbons (Fsp3) is 0.588. The Labute approximate surface area is 146 Å². The second-order valence-corrected chi connectivity index (χ2v) is 7.86. The molecule has 1 fully saturated rings. The fourth-order valence-electron chi connectivity index (χ4n) is 2.37. The maximum Gasteiger partial charge on any atom is 0.261 e. The highest BCUT2D eigenvalue weighted by atomic mass is 32.1. The molecule has 2 heterocycles. The van der Waals surface area contributed by atoms with E-state index in [4.69, 9.17) is 4.84 Å². The lowest BCUT2D eigenvalue weighted by molar-refractivity contribution is -0.139. The maximum absolute atomic E-state index is 12.2. The molecule has 1 aliphatic heterocycles. The van der Waals surface area contributed by atoms with Crippen LogP contribution in [-0.4, -0.2) is 42.1 Å². The van der Waals surface area contributed by atoms with Crippen molar-refractivity contribution in [2.45, 2.75) is 40.2 Å². The zero-order chi connectivity index (χ0) is 17.6. The monoisotopic (exact) mass is 351 g/mol. The smallest absolute Gasteiger partial charge is 0.261 e. The molecule has 0 atom stereocenters. The molecule has 0 radical (unpaired) electrons. The van der Waals surface area contributed by atoms with Gasteiger partial charge in [0.1, 0.15) is 0 Å². The molecule has 1 aromatic heterocycles. The highest BCUT2D eigenvalue weighted by molar-refractivity contribution is 7.09. The Morgan fingerprint density at radius 3 is 2.62 bits per heavy atom. The van der Waals surface area contributed by atoms with Crippen LogP contribution >= 0.6 is 11.3 Å². The second-order valence-electron chi connectivity index (χ2n) is 6.83. The largest absolute Gasteiger partial charge is 0.386 e. The number of rotatable bonds is 5. The third-order valence-corrected chi connectivity index (χ3v) is 4.57. The fourth-order valence-corrected chi connectivity index (χ4v) is 3.01. The van der Waals surface area contributed by atoms with Crippen molar-refractivity contribution >= 4 is 28.9 Å². The molecule has 1 saturated heterocycles. The van der Waals surface area contributed by atoms with Gasteiger partial charge in [0.25, 0.3) is 5.91 Å². The van der Waals surface area contributed by atoms with Gasteiger partial charge in [-0.25, -0.2) is 0 Å². The number of nitrogens with zero attached hydrogens (tertiary/aromatic N) is 2. The number of oxime groups is 1. The normalized spacial score (nSPS) is 15.1. The van der Waals surface area contributed by atoms with Gasteiger partial charge in [0, 0.05) is 36.2 Å². The number of nitrogens with one attached hydrogen (secondary N) is 1. The predicted molar refractivity (Wildman–Crippen MR) is 94.8 cm³/mol. The van der Waals surface area contributed by atoms with Crippen molar-refractivity contribution in [3.8, 4) is 0 Å². The number of carbonyl (C=O) groups is 2. The molecule has 0 bridgehead atoms. The van der Waals surface area contributed by atoms with E-state index in [1.165, 1.54) is 0 Å². The zero-order valence-electron chi connectivity index (χ0n) is 14.5. The zero-order valence-corrected chi connectivity index (χ0v) is 15.3. The molecule has 2 amide bonds. The van der Waals surface area contributed by atoms with Crippen LogP contribution in [0.5, 0.6) is 0 Å². The molecular formula is C17H25N3O3S. The van der Waals surface area contributed by atoms with Crippen LogP contribution in [0.1, 0.15) is 38.5 Å². The van der Waals surface area contributed by atoms with Crippen LogP contribution in [0.15, 0.2) is 22.7 Å². The third kappa shape index (κ3) is 5.63. The van der Waals surface area contributed by atoms with E-state index in [0.29, 0.717) is 32.5 Å². The summed E-state index contributed by atoms with van der Waals surface area (Å²) in [6.07, 6.45) is 1.39. The average Bonchev–Trinajstić information content (AvgIpc) is 3.05. The summed E-state index contributed by atoms with van der Waals surface area (Å²) in [6, 6.07) is 3.92. The van der Waals surface area contributed by atoms with Crippen LogP contribution in [0.4, 0.5) is 0 Å². The Balaban J connectivity index is 1.67. The maximum atomic E-state index is 12.2. The summed E-state index contributed by atoms with van der Waals surface area (Å²) in [6.45, 7) is 7.52. The minimum atomic E-state index is -0.355. The molecule has 1 aliphatic rings. The molecule has 0 spiro atoms. The van der Waals surface area contributed by atoms with E-state index < -0.39 is 0 Å². The first-order valence-corrected chi connectivity index (χ1v) is 9.00. The number of carbonyl (C=O) groups excluding carboxylic acids is 2. The molecule has 132 valence electrons. The highest BCUT2D eigenvalue weighted by Crippen LogP contribution is 2.20.